The van der Waals surface area contributed by atoms with Crippen molar-refractivity contribution < 1.29 is 5.11 Å². The predicted molar refractivity (Wildman–Crippen MR) is 76.9 cm³/mol. The Morgan fingerprint density at radius 1 is 1.26 bits per heavy atom. The molecule has 1 atom stereocenters. The smallest absolute Gasteiger partial charge is 0.0866 e. The van der Waals surface area contributed by atoms with Crippen LogP contribution in [0.3, 0.4) is 0 Å². The van der Waals surface area contributed by atoms with Crippen LogP contribution in [-0.2, 0) is 6.54 Å². The summed E-state index contributed by atoms with van der Waals surface area (Å²) in [7, 11) is 0. The van der Waals surface area contributed by atoms with Crippen LogP contribution in [0.25, 0.3) is 0 Å². The Morgan fingerprint density at radius 2 is 1.95 bits per heavy atom. The van der Waals surface area contributed by atoms with Gasteiger partial charge in [-0.05, 0) is 37.8 Å². The Bertz CT molecular complexity index is 450. The third kappa shape index (κ3) is 2.31. The molecule has 0 aromatic heterocycles. The number of fused-ring (bicyclic) bond motifs is 1. The van der Waals surface area contributed by atoms with Crippen LogP contribution in [-0.4, -0.2) is 34.7 Å². The van der Waals surface area contributed by atoms with Crippen molar-refractivity contribution in [1.29, 1.82) is 0 Å². The molecule has 2 aliphatic heterocycles. The summed E-state index contributed by atoms with van der Waals surface area (Å²) in [6.45, 7) is 7.33. The van der Waals surface area contributed by atoms with Gasteiger partial charge in [0.05, 0.1) is 11.6 Å². The zero-order valence-electron chi connectivity index (χ0n) is 11.9. The molecule has 3 rings (SSSR count). The number of aliphatic hydroxyl groups is 1. The van der Waals surface area contributed by atoms with Gasteiger partial charge in [-0.1, -0.05) is 24.3 Å². The predicted octanol–water partition coefficient (Wildman–Crippen LogP) is 2.07. The van der Waals surface area contributed by atoms with Crippen LogP contribution < -0.4 is 5.32 Å². The van der Waals surface area contributed by atoms with Gasteiger partial charge in [0.2, 0.25) is 0 Å². The second kappa shape index (κ2) is 4.89. The lowest BCUT2D eigenvalue weighted by molar-refractivity contribution is -0.0541. The first kappa shape index (κ1) is 13.1. The largest absolute Gasteiger partial charge is 0.388 e. The molecule has 0 bridgehead atoms. The molecule has 0 amide bonds. The van der Waals surface area contributed by atoms with Crippen molar-refractivity contribution >= 4 is 0 Å². The van der Waals surface area contributed by atoms with Gasteiger partial charge in [-0.2, -0.15) is 0 Å². The van der Waals surface area contributed by atoms with Gasteiger partial charge in [-0.3, -0.25) is 0 Å². The standard InChI is InChI=1S/C16H24N2O/c1-12(2)18-9-7-16(19,8-10-18)15-14-6-4-3-5-13(14)11-17-15/h3-6,12,15,17,19H,7-11H2,1-2H3. The zero-order chi connectivity index (χ0) is 13.5. The number of nitrogens with zero attached hydrogens (tertiary/aromatic N) is 1. The van der Waals surface area contributed by atoms with E-state index in [9.17, 15) is 5.11 Å². The number of piperidine rings is 1. The SMILES string of the molecule is CC(C)N1CCC(O)(C2NCc3ccccc32)CC1. The summed E-state index contributed by atoms with van der Waals surface area (Å²) in [5.41, 5.74) is 2.05. The number of likely N-dealkylation sites (tertiary alicyclic amines) is 1. The average Bonchev–Trinajstić information content (AvgIpc) is 2.83. The second-order valence-electron chi connectivity index (χ2n) is 6.25. The van der Waals surface area contributed by atoms with E-state index in [1.165, 1.54) is 11.1 Å². The number of rotatable bonds is 2. The molecule has 0 radical (unpaired) electrons. The number of nitrogens with one attached hydrogen (secondary N) is 1. The van der Waals surface area contributed by atoms with E-state index in [2.05, 4.69) is 48.3 Å². The summed E-state index contributed by atoms with van der Waals surface area (Å²) in [4.78, 5) is 2.45. The highest BCUT2D eigenvalue weighted by Gasteiger charge is 2.43. The summed E-state index contributed by atoms with van der Waals surface area (Å²) >= 11 is 0. The number of hydrogen-bond donors (Lipinski definition) is 2. The van der Waals surface area contributed by atoms with Crippen molar-refractivity contribution in [3.05, 3.63) is 35.4 Å². The fraction of sp³-hybridized carbons (Fsp3) is 0.625. The third-order valence-electron chi connectivity index (χ3n) is 4.79. The van der Waals surface area contributed by atoms with Gasteiger partial charge in [0.15, 0.2) is 0 Å². The Kier molecular flexibility index (Phi) is 3.37. The second-order valence-corrected chi connectivity index (χ2v) is 6.25. The minimum atomic E-state index is -0.585. The maximum absolute atomic E-state index is 11.0. The molecule has 2 aliphatic rings. The summed E-state index contributed by atoms with van der Waals surface area (Å²) in [5.74, 6) is 0. The van der Waals surface area contributed by atoms with Gasteiger partial charge in [-0.15, -0.1) is 0 Å². The Labute approximate surface area is 115 Å². The summed E-state index contributed by atoms with van der Waals surface area (Å²) < 4.78 is 0. The van der Waals surface area contributed by atoms with E-state index in [0.29, 0.717) is 6.04 Å². The van der Waals surface area contributed by atoms with E-state index in [1.54, 1.807) is 0 Å². The van der Waals surface area contributed by atoms with Crippen molar-refractivity contribution in [3.63, 3.8) is 0 Å². The highest BCUT2D eigenvalue weighted by atomic mass is 16.3. The maximum atomic E-state index is 11.0. The van der Waals surface area contributed by atoms with E-state index in [1.807, 2.05) is 0 Å². The fourth-order valence-electron chi connectivity index (χ4n) is 3.49. The summed E-state index contributed by atoms with van der Waals surface area (Å²) in [5, 5.41) is 14.5. The molecule has 0 aliphatic carbocycles. The minimum absolute atomic E-state index is 0.109. The van der Waals surface area contributed by atoms with Crippen molar-refractivity contribution in [2.45, 2.75) is 50.9 Å². The molecule has 1 aromatic rings. The molecule has 0 saturated carbocycles. The quantitative estimate of drug-likeness (QED) is 0.854. The van der Waals surface area contributed by atoms with Crippen LogP contribution in [0.2, 0.25) is 0 Å². The normalized spacial score (nSPS) is 26.6. The van der Waals surface area contributed by atoms with Gasteiger partial charge >= 0.3 is 0 Å². The highest BCUT2D eigenvalue weighted by Crippen LogP contribution is 2.39. The van der Waals surface area contributed by atoms with E-state index in [4.69, 9.17) is 0 Å². The van der Waals surface area contributed by atoms with Gasteiger partial charge in [-0.25, -0.2) is 0 Å². The van der Waals surface area contributed by atoms with Gasteiger partial charge in [0.25, 0.3) is 0 Å². The first-order valence-corrected chi connectivity index (χ1v) is 7.38. The molecule has 2 heterocycles. The van der Waals surface area contributed by atoms with Crippen molar-refractivity contribution in [2.75, 3.05) is 13.1 Å². The molecule has 1 aromatic carbocycles. The molecule has 0 spiro atoms. The van der Waals surface area contributed by atoms with Crippen molar-refractivity contribution in [1.82, 2.24) is 10.2 Å². The van der Waals surface area contributed by atoms with Crippen molar-refractivity contribution in [3.8, 4) is 0 Å². The molecule has 3 nitrogen and oxygen atoms in total. The molecule has 2 N–H and O–H groups in total. The van der Waals surface area contributed by atoms with E-state index in [-0.39, 0.29) is 6.04 Å². The maximum Gasteiger partial charge on any atom is 0.0866 e. The monoisotopic (exact) mass is 260 g/mol. The van der Waals surface area contributed by atoms with Crippen LogP contribution in [0.4, 0.5) is 0 Å². The van der Waals surface area contributed by atoms with Gasteiger partial charge < -0.3 is 15.3 Å². The van der Waals surface area contributed by atoms with Crippen LogP contribution >= 0.6 is 0 Å². The van der Waals surface area contributed by atoms with Crippen molar-refractivity contribution in [2.24, 2.45) is 0 Å². The minimum Gasteiger partial charge on any atom is -0.388 e. The van der Waals surface area contributed by atoms with E-state index >= 15 is 0 Å². The first-order chi connectivity index (χ1) is 9.10. The first-order valence-electron chi connectivity index (χ1n) is 7.38. The molecule has 19 heavy (non-hydrogen) atoms. The fourth-order valence-corrected chi connectivity index (χ4v) is 3.49. The lowest BCUT2D eigenvalue weighted by Crippen LogP contribution is -2.51. The molecular formula is C16H24N2O. The number of hydrogen-bond acceptors (Lipinski definition) is 3. The molecular weight excluding hydrogens is 236 g/mol. The lowest BCUT2D eigenvalue weighted by atomic mass is 9.81. The summed E-state index contributed by atoms with van der Waals surface area (Å²) in [6, 6.07) is 9.16. The lowest BCUT2D eigenvalue weighted by Gasteiger charge is -2.43. The van der Waals surface area contributed by atoms with Crippen LogP contribution in [0.1, 0.15) is 43.9 Å². The Morgan fingerprint density at radius 3 is 2.63 bits per heavy atom. The Balaban J connectivity index is 1.77. The highest BCUT2D eigenvalue weighted by molar-refractivity contribution is 5.36. The third-order valence-corrected chi connectivity index (χ3v) is 4.79. The molecule has 104 valence electrons. The van der Waals surface area contributed by atoms with Crippen LogP contribution in [0.15, 0.2) is 24.3 Å². The zero-order valence-corrected chi connectivity index (χ0v) is 11.9. The van der Waals surface area contributed by atoms with Gasteiger partial charge in [0, 0.05) is 25.7 Å². The number of benzene rings is 1. The molecule has 1 unspecified atom stereocenters. The molecule has 1 saturated heterocycles. The van der Waals surface area contributed by atoms with Gasteiger partial charge in [0.1, 0.15) is 0 Å². The van der Waals surface area contributed by atoms with Crippen LogP contribution in [0, 0.1) is 0 Å². The average molecular weight is 260 g/mol. The van der Waals surface area contributed by atoms with E-state index < -0.39 is 5.60 Å². The molecule has 3 heteroatoms. The van der Waals surface area contributed by atoms with E-state index in [0.717, 1.165) is 32.5 Å². The molecule has 1 fully saturated rings. The Hall–Kier alpha value is -0.900. The van der Waals surface area contributed by atoms with Crippen LogP contribution in [0.5, 0.6) is 0 Å². The topological polar surface area (TPSA) is 35.5 Å². The summed E-state index contributed by atoms with van der Waals surface area (Å²) in [6.07, 6.45) is 1.72.